The summed E-state index contributed by atoms with van der Waals surface area (Å²) in [5.74, 6) is -0.459. The van der Waals surface area contributed by atoms with Crippen LogP contribution >= 0.6 is 0 Å². The van der Waals surface area contributed by atoms with E-state index in [-0.39, 0.29) is 11.7 Å². The molecule has 0 atom stereocenters. The van der Waals surface area contributed by atoms with E-state index in [4.69, 9.17) is 0 Å². The van der Waals surface area contributed by atoms with E-state index in [0.29, 0.717) is 16.7 Å². The van der Waals surface area contributed by atoms with E-state index < -0.39 is 5.97 Å². The Bertz CT molecular complexity index is 652. The molecule has 17 heavy (non-hydrogen) atoms. The fourth-order valence-corrected chi connectivity index (χ4v) is 1.91. The van der Waals surface area contributed by atoms with Crippen LogP contribution in [0.5, 0.6) is 0 Å². The molecule has 0 aliphatic heterocycles. The van der Waals surface area contributed by atoms with Crippen molar-refractivity contribution in [3.63, 3.8) is 0 Å². The second-order valence-corrected chi connectivity index (χ2v) is 4.12. The average Bonchev–Trinajstić information content (AvgIpc) is 3.10. The summed E-state index contributed by atoms with van der Waals surface area (Å²) in [6.45, 7) is 0. The SMILES string of the molecule is COC(=O)c1cnc2c(c1)[nH]c(=O)n2C1CC1. The Morgan fingerprint density at radius 2 is 2.35 bits per heavy atom. The third kappa shape index (κ3) is 1.52. The molecule has 2 aromatic rings. The molecule has 1 saturated carbocycles. The number of H-pyrrole nitrogens is 1. The van der Waals surface area contributed by atoms with Gasteiger partial charge in [-0.15, -0.1) is 0 Å². The van der Waals surface area contributed by atoms with Gasteiger partial charge in [-0.3, -0.25) is 4.57 Å². The molecule has 0 bridgehead atoms. The summed E-state index contributed by atoms with van der Waals surface area (Å²) in [4.78, 5) is 29.9. The standard InChI is InChI=1S/C11H11N3O3/c1-17-10(15)6-4-8-9(12-5-6)14(7-2-3-7)11(16)13-8/h4-5,7H,2-3H2,1H3,(H,13,16). The Labute approximate surface area is 96.2 Å². The quantitative estimate of drug-likeness (QED) is 0.780. The van der Waals surface area contributed by atoms with E-state index in [1.54, 1.807) is 10.6 Å². The van der Waals surface area contributed by atoms with Crippen LogP contribution in [0.3, 0.4) is 0 Å². The number of pyridine rings is 1. The van der Waals surface area contributed by atoms with Crippen molar-refractivity contribution in [2.45, 2.75) is 18.9 Å². The van der Waals surface area contributed by atoms with Gasteiger partial charge in [0.25, 0.3) is 0 Å². The first-order valence-electron chi connectivity index (χ1n) is 5.39. The van der Waals surface area contributed by atoms with Crippen LogP contribution < -0.4 is 5.69 Å². The summed E-state index contributed by atoms with van der Waals surface area (Å²) >= 11 is 0. The van der Waals surface area contributed by atoms with Gasteiger partial charge in [0.2, 0.25) is 0 Å². The maximum atomic E-state index is 11.7. The van der Waals surface area contributed by atoms with Crippen LogP contribution in [0.25, 0.3) is 11.2 Å². The number of carbonyl (C=O) groups is 1. The monoisotopic (exact) mass is 233 g/mol. The zero-order valence-electron chi connectivity index (χ0n) is 9.27. The summed E-state index contributed by atoms with van der Waals surface area (Å²) in [5.41, 5.74) is 1.34. The fourth-order valence-electron chi connectivity index (χ4n) is 1.91. The zero-order chi connectivity index (χ0) is 12.0. The number of methoxy groups -OCH3 is 1. The molecular formula is C11H11N3O3. The molecule has 0 aromatic carbocycles. The second kappa shape index (κ2) is 3.44. The third-order valence-electron chi connectivity index (χ3n) is 2.89. The summed E-state index contributed by atoms with van der Waals surface area (Å²) in [6, 6.07) is 1.85. The summed E-state index contributed by atoms with van der Waals surface area (Å²) in [6.07, 6.45) is 3.45. The van der Waals surface area contributed by atoms with Gasteiger partial charge in [-0.05, 0) is 18.9 Å². The number of aromatic amines is 1. The number of carbonyl (C=O) groups excluding carboxylic acids is 1. The largest absolute Gasteiger partial charge is 0.465 e. The van der Waals surface area contributed by atoms with E-state index in [1.807, 2.05) is 0 Å². The van der Waals surface area contributed by atoms with Crippen molar-refractivity contribution in [3.8, 4) is 0 Å². The summed E-state index contributed by atoms with van der Waals surface area (Å²) in [5, 5.41) is 0. The molecule has 0 spiro atoms. The number of hydrogen-bond acceptors (Lipinski definition) is 4. The van der Waals surface area contributed by atoms with Crippen molar-refractivity contribution in [2.75, 3.05) is 7.11 Å². The minimum absolute atomic E-state index is 0.169. The highest BCUT2D eigenvalue weighted by Gasteiger charge is 2.28. The molecule has 0 unspecified atom stereocenters. The number of esters is 1. The Balaban J connectivity index is 2.18. The number of imidazole rings is 1. The van der Waals surface area contributed by atoms with Crippen LogP contribution in [-0.4, -0.2) is 27.6 Å². The lowest BCUT2D eigenvalue weighted by molar-refractivity contribution is 0.0600. The molecule has 88 valence electrons. The van der Waals surface area contributed by atoms with Gasteiger partial charge in [0, 0.05) is 12.2 Å². The zero-order valence-corrected chi connectivity index (χ0v) is 9.27. The van der Waals surface area contributed by atoms with Gasteiger partial charge in [-0.2, -0.15) is 0 Å². The van der Waals surface area contributed by atoms with Crippen LogP contribution in [0.15, 0.2) is 17.1 Å². The van der Waals surface area contributed by atoms with Crippen LogP contribution in [0.4, 0.5) is 0 Å². The normalized spacial score (nSPS) is 15.1. The van der Waals surface area contributed by atoms with Crippen molar-refractivity contribution >= 4 is 17.1 Å². The Morgan fingerprint density at radius 1 is 1.59 bits per heavy atom. The van der Waals surface area contributed by atoms with E-state index in [0.717, 1.165) is 12.8 Å². The van der Waals surface area contributed by atoms with E-state index >= 15 is 0 Å². The van der Waals surface area contributed by atoms with Gasteiger partial charge in [-0.25, -0.2) is 14.6 Å². The molecule has 0 radical (unpaired) electrons. The van der Waals surface area contributed by atoms with Crippen molar-refractivity contribution < 1.29 is 9.53 Å². The molecular weight excluding hydrogens is 222 g/mol. The Morgan fingerprint density at radius 3 is 3.00 bits per heavy atom. The maximum absolute atomic E-state index is 11.7. The van der Waals surface area contributed by atoms with E-state index in [9.17, 15) is 9.59 Å². The molecule has 1 N–H and O–H groups in total. The number of aromatic nitrogens is 3. The van der Waals surface area contributed by atoms with E-state index in [1.165, 1.54) is 13.3 Å². The third-order valence-corrected chi connectivity index (χ3v) is 2.89. The molecule has 6 heteroatoms. The number of fused-ring (bicyclic) bond motifs is 1. The van der Waals surface area contributed by atoms with Crippen LogP contribution in [0.1, 0.15) is 29.2 Å². The molecule has 3 rings (SSSR count). The molecule has 6 nitrogen and oxygen atoms in total. The highest BCUT2D eigenvalue weighted by atomic mass is 16.5. The predicted octanol–water partition coefficient (Wildman–Crippen LogP) is 0.846. The molecule has 1 fully saturated rings. The van der Waals surface area contributed by atoms with Crippen LogP contribution in [0.2, 0.25) is 0 Å². The number of ether oxygens (including phenoxy) is 1. The summed E-state index contributed by atoms with van der Waals surface area (Å²) in [7, 11) is 1.31. The fraction of sp³-hybridized carbons (Fsp3) is 0.364. The van der Waals surface area contributed by atoms with Crippen molar-refractivity contribution in [1.29, 1.82) is 0 Å². The number of nitrogens with zero attached hydrogens (tertiary/aromatic N) is 2. The lowest BCUT2D eigenvalue weighted by Crippen LogP contribution is -2.15. The van der Waals surface area contributed by atoms with Gasteiger partial charge < -0.3 is 9.72 Å². The van der Waals surface area contributed by atoms with E-state index in [2.05, 4.69) is 14.7 Å². The van der Waals surface area contributed by atoms with Gasteiger partial charge >= 0.3 is 11.7 Å². The molecule has 2 aromatic heterocycles. The number of rotatable bonds is 2. The van der Waals surface area contributed by atoms with Crippen molar-refractivity contribution in [2.24, 2.45) is 0 Å². The van der Waals surface area contributed by atoms with Crippen LogP contribution in [-0.2, 0) is 4.74 Å². The van der Waals surface area contributed by atoms with Crippen LogP contribution in [0, 0.1) is 0 Å². The molecule has 0 amide bonds. The van der Waals surface area contributed by atoms with Gasteiger partial charge in [0.15, 0.2) is 5.65 Å². The maximum Gasteiger partial charge on any atom is 0.339 e. The highest BCUT2D eigenvalue weighted by molar-refractivity contribution is 5.92. The second-order valence-electron chi connectivity index (χ2n) is 4.12. The Kier molecular flexibility index (Phi) is 2.04. The van der Waals surface area contributed by atoms with Crippen molar-refractivity contribution in [1.82, 2.24) is 14.5 Å². The summed E-state index contributed by atoms with van der Waals surface area (Å²) < 4.78 is 6.25. The minimum atomic E-state index is -0.459. The Hall–Kier alpha value is -2.11. The number of hydrogen-bond donors (Lipinski definition) is 1. The molecule has 1 aliphatic rings. The first-order chi connectivity index (χ1) is 8.20. The average molecular weight is 233 g/mol. The smallest absolute Gasteiger partial charge is 0.339 e. The minimum Gasteiger partial charge on any atom is -0.465 e. The first-order valence-corrected chi connectivity index (χ1v) is 5.39. The lowest BCUT2D eigenvalue weighted by Gasteiger charge is -2.00. The van der Waals surface area contributed by atoms with Gasteiger partial charge in [0.1, 0.15) is 0 Å². The van der Waals surface area contributed by atoms with Gasteiger partial charge in [-0.1, -0.05) is 0 Å². The lowest BCUT2D eigenvalue weighted by atomic mass is 10.3. The molecule has 1 aliphatic carbocycles. The highest BCUT2D eigenvalue weighted by Crippen LogP contribution is 2.35. The topological polar surface area (TPSA) is 77.0 Å². The first kappa shape index (κ1) is 10.1. The molecule has 2 heterocycles. The molecule has 0 saturated heterocycles. The van der Waals surface area contributed by atoms with Gasteiger partial charge in [0.05, 0.1) is 18.2 Å². The number of nitrogens with one attached hydrogen (secondary N) is 1. The predicted molar refractivity (Wildman–Crippen MR) is 60.0 cm³/mol. The van der Waals surface area contributed by atoms with Crippen molar-refractivity contribution in [3.05, 3.63) is 28.3 Å².